The summed E-state index contributed by atoms with van der Waals surface area (Å²) < 4.78 is 1.46. The van der Waals surface area contributed by atoms with Gasteiger partial charge in [-0.1, -0.05) is 6.07 Å². The molecule has 0 unspecified atom stereocenters. The quantitative estimate of drug-likeness (QED) is 0.898. The van der Waals surface area contributed by atoms with Crippen molar-refractivity contribution in [1.29, 1.82) is 0 Å². The molecule has 2 aliphatic rings. The zero-order valence-electron chi connectivity index (χ0n) is 13.1. The molecule has 1 aromatic carbocycles. The second kappa shape index (κ2) is 5.67. The summed E-state index contributed by atoms with van der Waals surface area (Å²) in [5.74, 6) is 0.129. The maximum Gasteiger partial charge on any atom is 0.330 e. The van der Waals surface area contributed by atoms with Gasteiger partial charge in [-0.25, -0.2) is 4.79 Å². The molecule has 0 atom stereocenters. The number of benzene rings is 1. The number of nitrogens with one attached hydrogen (secondary N) is 1. The molecule has 7 heteroatoms. The van der Waals surface area contributed by atoms with Gasteiger partial charge in [0.15, 0.2) is 0 Å². The molecule has 2 saturated heterocycles. The van der Waals surface area contributed by atoms with Crippen LogP contribution in [0.2, 0.25) is 0 Å². The van der Waals surface area contributed by atoms with Crippen molar-refractivity contribution < 1.29 is 9.59 Å². The lowest BCUT2D eigenvalue weighted by atomic mass is 10.0. The van der Waals surface area contributed by atoms with Crippen molar-refractivity contribution in [3.63, 3.8) is 0 Å². The molecule has 2 aromatic rings. The maximum atomic E-state index is 12.6. The number of aromatic nitrogens is 2. The lowest BCUT2D eigenvalue weighted by Gasteiger charge is -2.44. The van der Waals surface area contributed by atoms with E-state index in [9.17, 15) is 14.4 Å². The second-order valence-corrected chi connectivity index (χ2v) is 6.24. The highest BCUT2D eigenvalue weighted by molar-refractivity contribution is 5.95. The van der Waals surface area contributed by atoms with Crippen LogP contribution < -0.4 is 5.69 Å². The highest BCUT2D eigenvalue weighted by Gasteiger charge is 2.38. The summed E-state index contributed by atoms with van der Waals surface area (Å²) in [5.41, 5.74) is 0.960. The standard InChI is InChI=1S/C17H18N4O3/c22-15-5-2-7-20(15)14-10-19(11-14)16(23)12-3-1-4-13(9-12)21-8-6-18-17(21)24/h1,3-4,6,8-9,14H,2,5,7,10-11H2,(H,18,24). The van der Waals surface area contributed by atoms with Crippen LogP contribution in [0.3, 0.4) is 0 Å². The number of H-pyrrole nitrogens is 1. The van der Waals surface area contributed by atoms with Crippen molar-refractivity contribution in [2.45, 2.75) is 18.9 Å². The maximum absolute atomic E-state index is 12.6. The Labute approximate surface area is 138 Å². The summed E-state index contributed by atoms with van der Waals surface area (Å²) in [5, 5.41) is 0. The number of imidazole rings is 1. The number of hydrogen-bond donors (Lipinski definition) is 1. The van der Waals surface area contributed by atoms with Gasteiger partial charge >= 0.3 is 5.69 Å². The summed E-state index contributed by atoms with van der Waals surface area (Å²) in [6, 6.07) is 7.17. The first-order valence-electron chi connectivity index (χ1n) is 8.09. The molecule has 0 saturated carbocycles. The van der Waals surface area contributed by atoms with Crippen LogP contribution in [0.5, 0.6) is 0 Å². The molecule has 0 aliphatic carbocycles. The molecule has 3 heterocycles. The van der Waals surface area contributed by atoms with Crippen molar-refractivity contribution in [2.24, 2.45) is 0 Å². The molecule has 124 valence electrons. The van der Waals surface area contributed by atoms with E-state index in [1.807, 2.05) is 4.90 Å². The Bertz CT molecular complexity index is 847. The van der Waals surface area contributed by atoms with Crippen molar-refractivity contribution in [1.82, 2.24) is 19.4 Å². The van der Waals surface area contributed by atoms with Crippen LogP contribution >= 0.6 is 0 Å². The van der Waals surface area contributed by atoms with Crippen molar-refractivity contribution in [2.75, 3.05) is 19.6 Å². The van der Waals surface area contributed by atoms with Gasteiger partial charge in [-0.3, -0.25) is 14.2 Å². The van der Waals surface area contributed by atoms with E-state index in [1.54, 1.807) is 41.6 Å². The number of rotatable bonds is 3. The van der Waals surface area contributed by atoms with E-state index in [4.69, 9.17) is 0 Å². The van der Waals surface area contributed by atoms with E-state index in [1.165, 1.54) is 4.57 Å². The van der Waals surface area contributed by atoms with E-state index < -0.39 is 0 Å². The van der Waals surface area contributed by atoms with E-state index in [0.717, 1.165) is 13.0 Å². The molecule has 2 aliphatic heterocycles. The van der Waals surface area contributed by atoms with Crippen LogP contribution in [0.25, 0.3) is 5.69 Å². The van der Waals surface area contributed by atoms with Gasteiger partial charge in [-0.05, 0) is 24.6 Å². The molecule has 0 bridgehead atoms. The van der Waals surface area contributed by atoms with Gasteiger partial charge in [0.05, 0.1) is 11.7 Å². The lowest BCUT2D eigenvalue weighted by molar-refractivity contribution is -0.132. The summed E-state index contributed by atoms with van der Waals surface area (Å²) in [6.45, 7) is 1.97. The summed E-state index contributed by atoms with van der Waals surface area (Å²) in [4.78, 5) is 42.3. The molecule has 7 nitrogen and oxygen atoms in total. The monoisotopic (exact) mass is 326 g/mol. The molecular weight excluding hydrogens is 308 g/mol. The van der Waals surface area contributed by atoms with Crippen molar-refractivity contribution >= 4 is 11.8 Å². The van der Waals surface area contributed by atoms with Crippen LogP contribution in [-0.4, -0.2) is 56.8 Å². The van der Waals surface area contributed by atoms with Gasteiger partial charge in [-0.15, -0.1) is 0 Å². The highest BCUT2D eigenvalue weighted by Crippen LogP contribution is 2.23. The zero-order valence-corrected chi connectivity index (χ0v) is 13.1. The van der Waals surface area contributed by atoms with Crippen molar-refractivity contribution in [3.05, 3.63) is 52.7 Å². The van der Waals surface area contributed by atoms with Crippen LogP contribution in [0.15, 0.2) is 41.5 Å². The predicted molar refractivity (Wildman–Crippen MR) is 87.0 cm³/mol. The Hall–Kier alpha value is -2.83. The lowest BCUT2D eigenvalue weighted by Crippen LogP contribution is -2.61. The Kier molecular flexibility index (Phi) is 3.48. The summed E-state index contributed by atoms with van der Waals surface area (Å²) in [7, 11) is 0. The first kappa shape index (κ1) is 14.7. The van der Waals surface area contributed by atoms with Gasteiger partial charge in [-0.2, -0.15) is 0 Å². The van der Waals surface area contributed by atoms with Gasteiger partial charge in [0.1, 0.15) is 0 Å². The Morgan fingerprint density at radius 3 is 2.71 bits per heavy atom. The second-order valence-electron chi connectivity index (χ2n) is 6.24. The first-order chi connectivity index (χ1) is 11.6. The topological polar surface area (TPSA) is 78.4 Å². The molecule has 2 fully saturated rings. The fourth-order valence-corrected chi connectivity index (χ4v) is 3.37. The van der Waals surface area contributed by atoms with E-state index in [-0.39, 0.29) is 23.5 Å². The minimum atomic E-state index is -0.240. The van der Waals surface area contributed by atoms with Crippen molar-refractivity contribution in [3.8, 4) is 5.69 Å². The summed E-state index contributed by atoms with van der Waals surface area (Å²) in [6.07, 6.45) is 4.73. The third kappa shape index (κ3) is 2.42. The molecular formula is C17H18N4O3. The fourth-order valence-electron chi connectivity index (χ4n) is 3.37. The molecule has 0 radical (unpaired) electrons. The Balaban J connectivity index is 1.47. The largest absolute Gasteiger partial charge is 0.336 e. The summed E-state index contributed by atoms with van der Waals surface area (Å²) >= 11 is 0. The SMILES string of the molecule is O=C(c1cccc(-n2cc[nH]c2=O)c1)N1CC(N2CCCC2=O)C1. The number of carbonyl (C=O) groups is 2. The molecule has 0 spiro atoms. The normalized spacial score (nSPS) is 18.1. The minimum Gasteiger partial charge on any atom is -0.336 e. The Morgan fingerprint density at radius 2 is 2.04 bits per heavy atom. The molecule has 1 N–H and O–H groups in total. The van der Waals surface area contributed by atoms with E-state index >= 15 is 0 Å². The highest BCUT2D eigenvalue weighted by atomic mass is 16.2. The van der Waals surface area contributed by atoms with Crippen LogP contribution in [0.1, 0.15) is 23.2 Å². The number of hydrogen-bond acceptors (Lipinski definition) is 3. The number of aromatic amines is 1. The Morgan fingerprint density at radius 1 is 1.21 bits per heavy atom. The molecule has 24 heavy (non-hydrogen) atoms. The molecule has 1 aromatic heterocycles. The third-order valence-electron chi connectivity index (χ3n) is 4.72. The zero-order chi connectivity index (χ0) is 16.7. The van der Waals surface area contributed by atoms with E-state index in [2.05, 4.69) is 4.98 Å². The average Bonchev–Trinajstić information content (AvgIpc) is 3.15. The van der Waals surface area contributed by atoms with Gasteiger partial charge < -0.3 is 14.8 Å². The van der Waals surface area contributed by atoms with Gasteiger partial charge in [0, 0.05) is 44.0 Å². The third-order valence-corrected chi connectivity index (χ3v) is 4.72. The predicted octanol–water partition coefficient (Wildman–Crippen LogP) is 0.612. The van der Waals surface area contributed by atoms with Gasteiger partial charge in [0.25, 0.3) is 5.91 Å². The molecule has 2 amide bonds. The number of nitrogens with zero attached hydrogens (tertiary/aromatic N) is 3. The van der Waals surface area contributed by atoms with Crippen LogP contribution in [-0.2, 0) is 4.79 Å². The molecule has 4 rings (SSSR count). The van der Waals surface area contributed by atoms with Crippen LogP contribution in [0, 0.1) is 0 Å². The van der Waals surface area contributed by atoms with Gasteiger partial charge in [0.2, 0.25) is 5.91 Å². The van der Waals surface area contributed by atoms with Crippen LogP contribution in [0.4, 0.5) is 0 Å². The first-order valence-corrected chi connectivity index (χ1v) is 8.09. The smallest absolute Gasteiger partial charge is 0.330 e. The number of amides is 2. The fraction of sp³-hybridized carbons (Fsp3) is 0.353. The minimum absolute atomic E-state index is 0.0664. The average molecular weight is 326 g/mol. The number of likely N-dealkylation sites (tertiary alicyclic amines) is 2. The number of carbonyl (C=O) groups excluding carboxylic acids is 2. The van der Waals surface area contributed by atoms with E-state index in [0.29, 0.717) is 30.8 Å².